The van der Waals surface area contributed by atoms with Crippen LogP contribution in [0.3, 0.4) is 0 Å². The molecule has 1 aromatic heterocycles. The fourth-order valence-corrected chi connectivity index (χ4v) is 2.98. The average Bonchev–Trinajstić information content (AvgIpc) is 2.63. The number of pyridine rings is 1. The molecule has 6 heteroatoms. The first-order valence-corrected chi connectivity index (χ1v) is 8.86. The maximum atomic E-state index is 6.27. The van der Waals surface area contributed by atoms with Gasteiger partial charge in [-0.25, -0.2) is 4.98 Å². The van der Waals surface area contributed by atoms with E-state index in [1.807, 2.05) is 19.1 Å². The average molecular weight is 363 g/mol. The van der Waals surface area contributed by atoms with Gasteiger partial charge in [-0.2, -0.15) is 0 Å². The van der Waals surface area contributed by atoms with E-state index < -0.39 is 0 Å². The Kier molecular flexibility index (Phi) is 6.00. The monoisotopic (exact) mass is 362 g/mol. The van der Waals surface area contributed by atoms with E-state index in [0.717, 1.165) is 18.8 Å². The van der Waals surface area contributed by atoms with E-state index in [1.54, 1.807) is 25.3 Å². The molecule has 0 aliphatic carbocycles. The molecule has 1 aliphatic heterocycles. The van der Waals surface area contributed by atoms with Gasteiger partial charge in [-0.15, -0.1) is 0 Å². The quantitative estimate of drug-likeness (QED) is 0.833. The molecule has 3 rings (SSSR count). The predicted octanol–water partition coefficient (Wildman–Crippen LogP) is 4.22. The van der Waals surface area contributed by atoms with Gasteiger partial charge in [0.2, 0.25) is 0 Å². The van der Waals surface area contributed by atoms with Gasteiger partial charge in [-0.05, 0) is 50.6 Å². The molecule has 5 nitrogen and oxygen atoms in total. The van der Waals surface area contributed by atoms with Crippen LogP contribution in [0.15, 0.2) is 30.3 Å². The van der Waals surface area contributed by atoms with E-state index in [2.05, 4.69) is 10.3 Å². The summed E-state index contributed by atoms with van der Waals surface area (Å²) in [5, 5.41) is 3.86. The lowest BCUT2D eigenvalue weighted by molar-refractivity contribution is 0.211. The minimum Gasteiger partial charge on any atom is -0.497 e. The van der Waals surface area contributed by atoms with Crippen LogP contribution in [-0.2, 0) is 0 Å². The van der Waals surface area contributed by atoms with Crippen LogP contribution in [0.5, 0.6) is 23.1 Å². The molecule has 1 saturated heterocycles. The van der Waals surface area contributed by atoms with Crippen LogP contribution in [0.1, 0.15) is 18.5 Å². The molecule has 0 bridgehead atoms. The summed E-state index contributed by atoms with van der Waals surface area (Å²) >= 11 is 6.27. The number of aromatic nitrogens is 1. The Morgan fingerprint density at radius 1 is 1.24 bits per heavy atom. The highest BCUT2D eigenvalue weighted by Crippen LogP contribution is 2.35. The normalized spacial score (nSPS) is 17.2. The molecular formula is C19H23ClN2O3. The molecular weight excluding hydrogens is 340 g/mol. The van der Waals surface area contributed by atoms with Gasteiger partial charge in [0.15, 0.2) is 5.75 Å². The van der Waals surface area contributed by atoms with Crippen molar-refractivity contribution in [3.8, 4) is 23.1 Å². The Morgan fingerprint density at radius 2 is 2.08 bits per heavy atom. The van der Waals surface area contributed by atoms with Crippen molar-refractivity contribution in [3.63, 3.8) is 0 Å². The van der Waals surface area contributed by atoms with Gasteiger partial charge < -0.3 is 19.5 Å². The second kappa shape index (κ2) is 8.41. The first-order chi connectivity index (χ1) is 12.2. The third kappa shape index (κ3) is 4.77. The van der Waals surface area contributed by atoms with Gasteiger partial charge in [0.1, 0.15) is 11.5 Å². The minimum absolute atomic E-state index is 0.427. The van der Waals surface area contributed by atoms with E-state index in [4.69, 9.17) is 25.8 Å². The molecule has 1 atom stereocenters. The van der Waals surface area contributed by atoms with Gasteiger partial charge in [0.25, 0.3) is 5.88 Å². The Labute approximate surface area is 153 Å². The first kappa shape index (κ1) is 17.8. The van der Waals surface area contributed by atoms with Crippen molar-refractivity contribution < 1.29 is 14.2 Å². The summed E-state index contributed by atoms with van der Waals surface area (Å²) in [6.07, 6.45) is 2.36. The molecule has 0 unspecified atom stereocenters. The third-order valence-electron chi connectivity index (χ3n) is 4.18. The highest BCUT2D eigenvalue weighted by molar-refractivity contribution is 6.32. The van der Waals surface area contributed by atoms with Crippen LogP contribution in [0.25, 0.3) is 0 Å². The molecule has 0 spiro atoms. The van der Waals surface area contributed by atoms with E-state index in [1.165, 1.54) is 12.8 Å². The fraction of sp³-hybridized carbons (Fsp3) is 0.421. The van der Waals surface area contributed by atoms with Crippen LogP contribution < -0.4 is 19.5 Å². The van der Waals surface area contributed by atoms with Crippen LogP contribution in [0.2, 0.25) is 5.02 Å². The highest BCUT2D eigenvalue weighted by atomic mass is 35.5. The second-order valence-electron chi connectivity index (χ2n) is 6.18. The van der Waals surface area contributed by atoms with E-state index in [9.17, 15) is 0 Å². The number of ether oxygens (including phenoxy) is 3. The molecule has 1 aromatic carbocycles. The van der Waals surface area contributed by atoms with Gasteiger partial charge in [0, 0.05) is 24.2 Å². The number of aryl methyl sites for hydroxylation is 1. The maximum Gasteiger partial charge on any atom is 0.262 e. The number of nitrogens with one attached hydrogen (secondary N) is 1. The molecule has 2 heterocycles. The van der Waals surface area contributed by atoms with Gasteiger partial charge in [0.05, 0.1) is 18.7 Å². The molecule has 1 aliphatic rings. The Bertz CT molecular complexity index is 718. The largest absolute Gasteiger partial charge is 0.497 e. The van der Waals surface area contributed by atoms with E-state index >= 15 is 0 Å². The zero-order valence-corrected chi connectivity index (χ0v) is 15.3. The molecule has 25 heavy (non-hydrogen) atoms. The molecule has 1 fully saturated rings. The van der Waals surface area contributed by atoms with Crippen LogP contribution in [-0.4, -0.2) is 31.8 Å². The van der Waals surface area contributed by atoms with Crippen LogP contribution >= 0.6 is 11.6 Å². The summed E-state index contributed by atoms with van der Waals surface area (Å²) in [5.74, 6) is 2.76. The molecule has 0 radical (unpaired) electrons. The number of hydrogen-bond donors (Lipinski definition) is 1. The topological polar surface area (TPSA) is 52.6 Å². The zero-order valence-electron chi connectivity index (χ0n) is 14.5. The zero-order chi connectivity index (χ0) is 17.6. The highest BCUT2D eigenvalue weighted by Gasteiger charge is 2.16. The lowest BCUT2D eigenvalue weighted by Gasteiger charge is -2.23. The van der Waals surface area contributed by atoms with Gasteiger partial charge in [-0.3, -0.25) is 0 Å². The summed E-state index contributed by atoms with van der Waals surface area (Å²) < 4.78 is 17.1. The Hall–Kier alpha value is -1.98. The molecule has 0 saturated carbocycles. The first-order valence-electron chi connectivity index (χ1n) is 8.48. The number of piperidine rings is 1. The summed E-state index contributed by atoms with van der Waals surface area (Å²) in [5.41, 5.74) is 0.853. The summed E-state index contributed by atoms with van der Waals surface area (Å²) in [7, 11) is 1.60. The smallest absolute Gasteiger partial charge is 0.262 e. The predicted molar refractivity (Wildman–Crippen MR) is 98.1 cm³/mol. The Balaban J connectivity index is 1.74. The lowest BCUT2D eigenvalue weighted by Crippen LogP contribution is -2.33. The van der Waals surface area contributed by atoms with E-state index in [0.29, 0.717) is 40.7 Å². The van der Waals surface area contributed by atoms with Crippen molar-refractivity contribution >= 4 is 11.6 Å². The fourth-order valence-electron chi connectivity index (χ4n) is 2.77. The number of nitrogens with zero attached hydrogens (tertiary/aromatic N) is 1. The minimum atomic E-state index is 0.427. The van der Waals surface area contributed by atoms with Crippen LogP contribution in [0.4, 0.5) is 0 Å². The molecule has 0 amide bonds. The number of benzene rings is 1. The summed E-state index contributed by atoms with van der Waals surface area (Å²) in [4.78, 5) is 4.46. The number of rotatable bonds is 6. The van der Waals surface area contributed by atoms with Crippen molar-refractivity contribution in [3.05, 3.63) is 41.0 Å². The number of hydrogen-bond acceptors (Lipinski definition) is 5. The summed E-state index contributed by atoms with van der Waals surface area (Å²) in [6.45, 7) is 4.63. The van der Waals surface area contributed by atoms with Crippen molar-refractivity contribution in [1.82, 2.24) is 10.3 Å². The van der Waals surface area contributed by atoms with Crippen molar-refractivity contribution in [2.24, 2.45) is 5.92 Å². The van der Waals surface area contributed by atoms with Crippen molar-refractivity contribution in [1.29, 1.82) is 0 Å². The molecule has 1 N–H and O–H groups in total. The second-order valence-corrected chi connectivity index (χ2v) is 6.58. The molecule has 134 valence electrons. The van der Waals surface area contributed by atoms with Crippen molar-refractivity contribution in [2.75, 3.05) is 26.8 Å². The number of halogens is 1. The van der Waals surface area contributed by atoms with Crippen molar-refractivity contribution in [2.45, 2.75) is 19.8 Å². The lowest BCUT2D eigenvalue weighted by atomic mass is 10.0. The number of methoxy groups -OCH3 is 1. The standard InChI is InChI=1S/C19H23ClN2O3/c1-13-5-7-18(24-12-14-4-3-9-21-11-14)19(22-13)25-17-8-6-15(23-2)10-16(17)20/h5-8,10,14,21H,3-4,9,11-12H2,1-2H3/t14-/m0/s1. The van der Waals surface area contributed by atoms with Gasteiger partial charge >= 0.3 is 0 Å². The third-order valence-corrected chi connectivity index (χ3v) is 4.48. The summed E-state index contributed by atoms with van der Waals surface area (Å²) in [6, 6.07) is 9.08. The van der Waals surface area contributed by atoms with Gasteiger partial charge in [-0.1, -0.05) is 11.6 Å². The van der Waals surface area contributed by atoms with E-state index in [-0.39, 0.29) is 0 Å². The SMILES string of the molecule is COc1ccc(Oc2nc(C)ccc2OC[C@H]2CCCNC2)c(Cl)c1. The Morgan fingerprint density at radius 3 is 2.80 bits per heavy atom. The maximum absolute atomic E-state index is 6.27. The molecule has 2 aromatic rings. The van der Waals surface area contributed by atoms with Crippen LogP contribution in [0, 0.1) is 12.8 Å².